The van der Waals surface area contributed by atoms with Crippen LogP contribution in [0.4, 0.5) is 5.82 Å². The average Bonchev–Trinajstić information content (AvgIpc) is 3.44. The lowest BCUT2D eigenvalue weighted by atomic mass is 9.89. The lowest BCUT2D eigenvalue weighted by Gasteiger charge is -2.45. The zero-order valence-electron chi connectivity index (χ0n) is 21.9. The Hall–Kier alpha value is -2.45. The second-order valence-corrected chi connectivity index (χ2v) is 11.8. The molecule has 0 radical (unpaired) electrons. The Morgan fingerprint density at radius 2 is 1.62 bits per heavy atom. The van der Waals surface area contributed by atoms with Gasteiger partial charge in [0.1, 0.15) is 0 Å². The van der Waals surface area contributed by atoms with Gasteiger partial charge in [0.2, 0.25) is 0 Å². The van der Waals surface area contributed by atoms with Gasteiger partial charge in [-0.25, -0.2) is 4.98 Å². The molecule has 0 amide bonds. The quantitative estimate of drug-likeness (QED) is 0.612. The van der Waals surface area contributed by atoms with Crippen LogP contribution in [0.25, 0.3) is 11.0 Å². The molecule has 1 saturated carbocycles. The highest BCUT2D eigenvalue weighted by Gasteiger charge is 2.44. The smallest absolute Gasteiger partial charge is 0.317 e. The number of hydrogen-bond donors (Lipinski definition) is 2. The average molecular weight is 508 g/mol. The third kappa shape index (κ3) is 5.02. The summed E-state index contributed by atoms with van der Waals surface area (Å²) in [4.78, 5) is 34.9. The van der Waals surface area contributed by atoms with Crippen molar-refractivity contribution in [3.63, 3.8) is 0 Å². The molecule has 0 spiro atoms. The number of rotatable bonds is 6. The number of carbonyl (C=O) groups is 1. The van der Waals surface area contributed by atoms with E-state index in [4.69, 9.17) is 10.1 Å². The molecule has 2 N–H and O–H groups in total. The summed E-state index contributed by atoms with van der Waals surface area (Å²) in [6.45, 7) is 1.26. The highest BCUT2D eigenvalue weighted by molar-refractivity contribution is 5.76. The van der Waals surface area contributed by atoms with Crippen LogP contribution in [0.3, 0.4) is 0 Å². The number of carboxylic acid groups (broad SMARTS) is 1. The number of para-hydroxylation sites is 2. The van der Waals surface area contributed by atoms with Gasteiger partial charge in [0.25, 0.3) is 5.56 Å². The Labute approximate surface area is 219 Å². The van der Waals surface area contributed by atoms with Crippen LogP contribution in [0.15, 0.2) is 29.1 Å². The number of nitrogens with zero attached hydrogens (tertiary/aromatic N) is 4. The van der Waals surface area contributed by atoms with E-state index in [1.165, 1.54) is 57.8 Å². The van der Waals surface area contributed by atoms with Crippen LogP contribution in [0.1, 0.15) is 83.1 Å². The predicted molar refractivity (Wildman–Crippen MR) is 145 cm³/mol. The van der Waals surface area contributed by atoms with E-state index >= 15 is 0 Å². The Balaban J connectivity index is 1.27. The number of aliphatic carboxylic acids is 1. The van der Waals surface area contributed by atoms with E-state index in [1.54, 1.807) is 0 Å². The minimum absolute atomic E-state index is 0.0152. The van der Waals surface area contributed by atoms with Crippen molar-refractivity contribution in [3.8, 4) is 0 Å². The van der Waals surface area contributed by atoms with Gasteiger partial charge in [-0.15, -0.1) is 0 Å². The van der Waals surface area contributed by atoms with Gasteiger partial charge in [0.15, 0.2) is 5.82 Å². The summed E-state index contributed by atoms with van der Waals surface area (Å²) in [6.07, 6.45) is 15.0. The molecule has 1 aromatic carbocycles. The molecule has 37 heavy (non-hydrogen) atoms. The first-order valence-electron chi connectivity index (χ1n) is 14.6. The highest BCUT2D eigenvalue weighted by atomic mass is 16.4. The predicted octanol–water partition coefficient (Wildman–Crippen LogP) is 3.93. The highest BCUT2D eigenvalue weighted by Crippen LogP contribution is 2.44. The molecule has 2 aromatic rings. The Morgan fingerprint density at radius 3 is 2.35 bits per heavy atom. The van der Waals surface area contributed by atoms with Crippen LogP contribution in [0.5, 0.6) is 0 Å². The number of benzene rings is 1. The standard InChI is InChI=1S/C29H41N5O3/c35-27(36)18-30-20-14-15-32(19-20)28-29(37)34(26-11-7-6-10-25(26)31-28)24-16-22-12-13-23(17-24)33(22)21-8-4-2-1-3-5-9-21/h6-7,10-11,20-24,30H,1-5,8-9,12-19H2,(H,35,36)/t20-,22-,23+,24+/m0/s1. The molecule has 4 aliphatic rings. The molecule has 4 heterocycles. The maximum Gasteiger partial charge on any atom is 0.317 e. The van der Waals surface area contributed by atoms with E-state index in [9.17, 15) is 9.59 Å². The Kier molecular flexibility index (Phi) is 7.21. The summed E-state index contributed by atoms with van der Waals surface area (Å²) in [5, 5.41) is 12.1. The minimum atomic E-state index is -0.856. The summed E-state index contributed by atoms with van der Waals surface area (Å²) in [5.41, 5.74) is 1.83. The van der Waals surface area contributed by atoms with Crippen LogP contribution in [0.2, 0.25) is 0 Å². The number of anilines is 1. The van der Waals surface area contributed by atoms with Gasteiger partial charge >= 0.3 is 5.97 Å². The third-order valence-electron chi connectivity index (χ3n) is 9.43. The molecular formula is C29H41N5O3. The number of carboxylic acids is 1. The maximum atomic E-state index is 14.1. The van der Waals surface area contributed by atoms with Crippen molar-refractivity contribution in [2.24, 2.45) is 0 Å². The number of fused-ring (bicyclic) bond motifs is 3. The van der Waals surface area contributed by atoms with Gasteiger partial charge in [0.05, 0.1) is 17.6 Å². The van der Waals surface area contributed by atoms with Gasteiger partial charge in [-0.3, -0.25) is 14.5 Å². The van der Waals surface area contributed by atoms with Crippen molar-refractivity contribution in [2.45, 2.75) is 107 Å². The van der Waals surface area contributed by atoms with Crippen molar-refractivity contribution in [1.29, 1.82) is 0 Å². The van der Waals surface area contributed by atoms with Crippen LogP contribution in [-0.2, 0) is 4.79 Å². The molecule has 1 aromatic heterocycles. The normalized spacial score (nSPS) is 29.5. The van der Waals surface area contributed by atoms with Crippen molar-refractivity contribution in [3.05, 3.63) is 34.6 Å². The van der Waals surface area contributed by atoms with Crippen LogP contribution in [0, 0.1) is 0 Å². The molecule has 200 valence electrons. The third-order valence-corrected chi connectivity index (χ3v) is 9.43. The largest absolute Gasteiger partial charge is 0.480 e. The van der Waals surface area contributed by atoms with E-state index in [2.05, 4.69) is 25.8 Å². The zero-order valence-corrected chi connectivity index (χ0v) is 21.9. The molecule has 0 unspecified atom stereocenters. The van der Waals surface area contributed by atoms with E-state index in [-0.39, 0.29) is 24.2 Å². The number of nitrogens with one attached hydrogen (secondary N) is 1. The second-order valence-electron chi connectivity index (χ2n) is 11.8. The van der Waals surface area contributed by atoms with Crippen molar-refractivity contribution >= 4 is 22.8 Å². The zero-order chi connectivity index (χ0) is 25.4. The molecule has 3 saturated heterocycles. The second kappa shape index (κ2) is 10.7. The Bertz CT molecular complexity index is 1160. The fraction of sp³-hybridized carbons (Fsp3) is 0.690. The monoisotopic (exact) mass is 507 g/mol. The van der Waals surface area contributed by atoms with E-state index < -0.39 is 5.97 Å². The van der Waals surface area contributed by atoms with E-state index in [0.29, 0.717) is 31.0 Å². The molecule has 3 aliphatic heterocycles. The summed E-state index contributed by atoms with van der Waals surface area (Å²) in [5.74, 6) is -0.335. The lowest BCUT2D eigenvalue weighted by Crippen LogP contribution is -2.50. The number of aromatic nitrogens is 2. The van der Waals surface area contributed by atoms with Crippen LogP contribution in [-0.4, -0.2) is 69.3 Å². The first kappa shape index (κ1) is 24.9. The molecule has 4 fully saturated rings. The first-order chi connectivity index (χ1) is 18.1. The minimum Gasteiger partial charge on any atom is -0.480 e. The van der Waals surface area contributed by atoms with Gasteiger partial charge in [0, 0.05) is 43.3 Å². The van der Waals surface area contributed by atoms with Crippen LogP contribution < -0.4 is 15.8 Å². The van der Waals surface area contributed by atoms with Gasteiger partial charge in [-0.1, -0.05) is 44.2 Å². The van der Waals surface area contributed by atoms with Crippen LogP contribution >= 0.6 is 0 Å². The summed E-state index contributed by atoms with van der Waals surface area (Å²) in [6, 6.07) is 10.2. The van der Waals surface area contributed by atoms with Crippen molar-refractivity contribution in [1.82, 2.24) is 19.8 Å². The number of hydrogen-bond acceptors (Lipinski definition) is 6. The molecule has 6 rings (SSSR count). The van der Waals surface area contributed by atoms with Gasteiger partial charge in [-0.05, 0) is 57.1 Å². The maximum absolute atomic E-state index is 14.1. The topological polar surface area (TPSA) is 90.7 Å². The Morgan fingerprint density at radius 1 is 0.919 bits per heavy atom. The fourth-order valence-electron chi connectivity index (χ4n) is 7.79. The van der Waals surface area contributed by atoms with Crippen molar-refractivity contribution < 1.29 is 9.90 Å². The molecule has 2 bridgehead atoms. The van der Waals surface area contributed by atoms with E-state index in [0.717, 1.165) is 36.3 Å². The fourth-order valence-corrected chi connectivity index (χ4v) is 7.79. The van der Waals surface area contributed by atoms with Gasteiger partial charge < -0.3 is 19.9 Å². The molecule has 8 heteroatoms. The lowest BCUT2D eigenvalue weighted by molar-refractivity contribution is -0.136. The molecular weight excluding hydrogens is 466 g/mol. The number of piperidine rings is 1. The van der Waals surface area contributed by atoms with Gasteiger partial charge in [-0.2, -0.15) is 0 Å². The molecule has 4 atom stereocenters. The van der Waals surface area contributed by atoms with Crippen molar-refractivity contribution in [2.75, 3.05) is 24.5 Å². The summed E-state index contributed by atoms with van der Waals surface area (Å²) >= 11 is 0. The summed E-state index contributed by atoms with van der Waals surface area (Å²) < 4.78 is 2.08. The molecule has 8 nitrogen and oxygen atoms in total. The first-order valence-corrected chi connectivity index (χ1v) is 14.6. The SMILES string of the molecule is O=C(O)CN[C@H]1CCN(c2nc3ccccc3n([C@H]3C[C@H]4CC[C@@H](C3)N4C3CCCCCCC3)c2=O)C1. The summed E-state index contributed by atoms with van der Waals surface area (Å²) in [7, 11) is 0. The van der Waals surface area contributed by atoms with E-state index in [1.807, 2.05) is 18.2 Å². The molecule has 1 aliphatic carbocycles.